The zero-order valence-corrected chi connectivity index (χ0v) is 69.1. The van der Waals surface area contributed by atoms with Crippen molar-refractivity contribution < 1.29 is 8.83 Å². The van der Waals surface area contributed by atoms with Gasteiger partial charge in [-0.1, -0.05) is 343 Å². The van der Waals surface area contributed by atoms with E-state index < -0.39 is 0 Å². The quantitative estimate of drug-likeness (QED) is 0.142. The third kappa shape index (κ3) is 11.2. The van der Waals surface area contributed by atoms with E-state index in [-0.39, 0.29) is 10.8 Å². The van der Waals surface area contributed by atoms with Crippen molar-refractivity contribution in [2.75, 3.05) is 0 Å². The smallest absolute Gasteiger partial charge is 0.135 e. The van der Waals surface area contributed by atoms with Crippen molar-refractivity contribution in [3.8, 4) is 111 Å². The molecule has 0 amide bonds. The third-order valence-corrected chi connectivity index (χ3v) is 27.6. The topological polar surface area (TPSA) is 26.3 Å². The molecular formula is C122H80O2. The second kappa shape index (κ2) is 27.5. The fraction of sp³-hybridized carbons (Fsp3) is 0.0492. The molecule has 0 spiro atoms. The van der Waals surface area contributed by atoms with E-state index in [1.54, 1.807) is 0 Å². The Balaban J connectivity index is 0.000000136. The first-order chi connectivity index (χ1) is 60.9. The fourth-order valence-corrected chi connectivity index (χ4v) is 21.4. The molecule has 0 fully saturated rings. The number of hydrogen-bond donors (Lipinski definition) is 0. The second-order valence-corrected chi connectivity index (χ2v) is 35.2. The molecule has 22 aromatic carbocycles. The highest BCUT2D eigenvalue weighted by molar-refractivity contribution is 6.25. The van der Waals surface area contributed by atoms with Crippen LogP contribution in [0.2, 0.25) is 0 Å². The molecule has 124 heavy (non-hydrogen) atoms. The van der Waals surface area contributed by atoms with E-state index in [1.165, 1.54) is 220 Å². The van der Waals surface area contributed by atoms with Crippen LogP contribution in [0.25, 0.3) is 241 Å². The monoisotopic (exact) mass is 1580 g/mol. The lowest BCUT2D eigenvalue weighted by Gasteiger charge is -2.22. The van der Waals surface area contributed by atoms with Gasteiger partial charge in [-0.3, -0.25) is 0 Å². The predicted octanol–water partition coefficient (Wildman–Crippen LogP) is 34.3. The van der Waals surface area contributed by atoms with Gasteiger partial charge in [0.15, 0.2) is 0 Å². The minimum absolute atomic E-state index is 0.0655. The summed E-state index contributed by atoms with van der Waals surface area (Å²) in [5, 5.41) is 24.6. The first-order valence-corrected chi connectivity index (χ1v) is 43.3. The molecule has 0 saturated heterocycles. The Morgan fingerprint density at radius 2 is 0.403 bits per heavy atom. The molecule has 24 aromatic rings. The van der Waals surface area contributed by atoms with Crippen LogP contribution in [-0.4, -0.2) is 0 Å². The van der Waals surface area contributed by atoms with Crippen LogP contribution in [0.1, 0.15) is 49.9 Å². The predicted molar refractivity (Wildman–Crippen MR) is 526 cm³/mol. The molecule has 2 nitrogen and oxygen atoms in total. The minimum atomic E-state index is -0.0680. The molecular weight excluding hydrogens is 1500 g/mol. The Morgan fingerprint density at radius 1 is 0.145 bits per heavy atom. The molecule has 2 heterocycles. The van der Waals surface area contributed by atoms with Crippen LogP contribution >= 0.6 is 0 Å². The van der Waals surface area contributed by atoms with Crippen molar-refractivity contribution in [3.05, 3.63) is 435 Å². The van der Waals surface area contributed by atoms with Crippen LogP contribution in [0.5, 0.6) is 0 Å². The summed E-state index contributed by atoms with van der Waals surface area (Å²) in [6, 6.07) is 153. The lowest BCUT2D eigenvalue weighted by molar-refractivity contribution is 0.661. The Bertz CT molecular complexity index is 8560. The van der Waals surface area contributed by atoms with E-state index >= 15 is 0 Å². The van der Waals surface area contributed by atoms with Crippen molar-refractivity contribution in [3.63, 3.8) is 0 Å². The molecule has 2 heteroatoms. The van der Waals surface area contributed by atoms with E-state index in [2.05, 4.69) is 440 Å². The zero-order chi connectivity index (χ0) is 82.2. The molecule has 0 bridgehead atoms. The van der Waals surface area contributed by atoms with Crippen LogP contribution in [-0.2, 0) is 10.8 Å². The van der Waals surface area contributed by atoms with Gasteiger partial charge in [0.25, 0.3) is 0 Å². The summed E-state index contributed by atoms with van der Waals surface area (Å²) >= 11 is 0. The van der Waals surface area contributed by atoms with Gasteiger partial charge in [0.05, 0.1) is 0 Å². The summed E-state index contributed by atoms with van der Waals surface area (Å²) < 4.78 is 13.1. The summed E-state index contributed by atoms with van der Waals surface area (Å²) in [4.78, 5) is 0. The van der Waals surface area contributed by atoms with Crippen LogP contribution in [0.3, 0.4) is 0 Å². The SMILES string of the molecule is CC1(C)c2ccc(-c3ccc4oc5ccc(-c6c7ccccc7c(-c7ccc(-c8ccc9ccccc9c8)cc7)c7ccccc67)cc5c4c3)cc2-c2cc3ccccc3cc21.CC1(C)c2ccc(-c3ccc4oc5ccc(-c6c7ccccc7c(-c7ccccc7-c7ccc8ccccc8c7)c7ccccc67)cc5c4c3)cc2-c2cc3ccccc3cc21. The van der Waals surface area contributed by atoms with Gasteiger partial charge in [-0.25, -0.2) is 0 Å². The van der Waals surface area contributed by atoms with Gasteiger partial charge in [-0.2, -0.15) is 0 Å². The number of fused-ring (bicyclic) bond motifs is 20. The number of furan rings is 2. The first-order valence-electron chi connectivity index (χ1n) is 43.3. The van der Waals surface area contributed by atoms with Gasteiger partial charge >= 0.3 is 0 Å². The van der Waals surface area contributed by atoms with E-state index in [1.807, 2.05) is 0 Å². The lowest BCUT2D eigenvalue weighted by Crippen LogP contribution is -2.14. The third-order valence-electron chi connectivity index (χ3n) is 27.6. The summed E-state index contributed by atoms with van der Waals surface area (Å²) in [7, 11) is 0. The summed E-state index contributed by atoms with van der Waals surface area (Å²) in [6.07, 6.45) is 0. The molecule has 0 N–H and O–H groups in total. The Morgan fingerprint density at radius 3 is 0.815 bits per heavy atom. The van der Waals surface area contributed by atoms with Crippen LogP contribution in [0.15, 0.2) is 421 Å². The van der Waals surface area contributed by atoms with Gasteiger partial charge in [0.1, 0.15) is 22.3 Å². The van der Waals surface area contributed by atoms with E-state index in [0.717, 1.165) is 43.9 Å². The van der Waals surface area contributed by atoms with Gasteiger partial charge < -0.3 is 8.83 Å². The summed E-state index contributed by atoms with van der Waals surface area (Å²) in [5.41, 5.74) is 33.9. The van der Waals surface area contributed by atoms with Crippen molar-refractivity contribution in [2.24, 2.45) is 0 Å². The molecule has 0 atom stereocenters. The van der Waals surface area contributed by atoms with Crippen molar-refractivity contribution in [2.45, 2.75) is 38.5 Å². The molecule has 26 rings (SSSR count). The number of hydrogen-bond acceptors (Lipinski definition) is 2. The highest BCUT2D eigenvalue weighted by Gasteiger charge is 2.38. The van der Waals surface area contributed by atoms with E-state index in [4.69, 9.17) is 8.83 Å². The largest absolute Gasteiger partial charge is 0.456 e. The lowest BCUT2D eigenvalue weighted by atomic mass is 9.81. The maximum Gasteiger partial charge on any atom is 0.135 e. The van der Waals surface area contributed by atoms with Crippen LogP contribution < -0.4 is 0 Å². The summed E-state index contributed by atoms with van der Waals surface area (Å²) in [6.45, 7) is 9.44. The maximum absolute atomic E-state index is 6.56. The maximum atomic E-state index is 6.56. The molecule has 580 valence electrons. The molecule has 2 aliphatic carbocycles. The van der Waals surface area contributed by atoms with Crippen molar-refractivity contribution in [1.29, 1.82) is 0 Å². The highest BCUT2D eigenvalue weighted by atomic mass is 16.3. The fourth-order valence-electron chi connectivity index (χ4n) is 21.4. The van der Waals surface area contributed by atoms with Gasteiger partial charge in [0.2, 0.25) is 0 Å². The molecule has 0 saturated carbocycles. The van der Waals surface area contributed by atoms with Gasteiger partial charge in [-0.15, -0.1) is 0 Å². The molecule has 0 aliphatic heterocycles. The van der Waals surface area contributed by atoms with Crippen LogP contribution in [0, 0.1) is 0 Å². The van der Waals surface area contributed by atoms with E-state index in [0.29, 0.717) is 0 Å². The van der Waals surface area contributed by atoms with Crippen molar-refractivity contribution >= 4 is 130 Å². The normalized spacial score (nSPS) is 13.1. The molecule has 2 aliphatic rings. The van der Waals surface area contributed by atoms with E-state index in [9.17, 15) is 0 Å². The average Bonchev–Trinajstić information content (AvgIpc) is 1.63. The number of rotatable bonds is 8. The Hall–Kier alpha value is -15.5. The second-order valence-electron chi connectivity index (χ2n) is 35.2. The summed E-state index contributed by atoms with van der Waals surface area (Å²) in [5.74, 6) is 0. The van der Waals surface area contributed by atoms with Gasteiger partial charge in [-0.05, 0) is 317 Å². The molecule has 2 aromatic heterocycles. The standard InChI is InChI=1S/2C61H40O/c1-61(2)55-28-25-44(33-51(55)52-32-41-13-5-6-14-42(41)36-56(52)61)45-26-29-57-53(34-45)54-35-46(27-30-58(54)62-57)60-49-17-9-7-15-47(49)59(48-16-8-10-18-50(48)60)39-22-19-38(20-23-39)43-24-21-37-11-3-4-12-40(37)31-43;1-61(2)55-28-25-41(33-51(55)52-32-39-15-5-6-16-40(39)36-56(52)61)42-26-29-57-53(34-42)54-35-44(27-30-58(54)62-57)59-47-19-9-11-21-49(47)60(50-22-12-10-20-48(50)59)46-18-8-7-17-45(46)43-24-23-37-13-3-4-14-38(37)31-43/h2*3-36H,1-2H3. The highest BCUT2D eigenvalue weighted by Crippen LogP contribution is 2.55. The average molecular weight is 1580 g/mol. The first kappa shape index (κ1) is 71.4. The Kier molecular flexibility index (Phi) is 15.9. The number of benzene rings is 22. The molecule has 0 radical (unpaired) electrons. The Labute approximate surface area is 718 Å². The van der Waals surface area contributed by atoms with Gasteiger partial charge in [0, 0.05) is 32.4 Å². The van der Waals surface area contributed by atoms with Crippen LogP contribution in [0.4, 0.5) is 0 Å². The molecule has 0 unspecified atom stereocenters. The zero-order valence-electron chi connectivity index (χ0n) is 69.1. The van der Waals surface area contributed by atoms with Crippen molar-refractivity contribution in [1.82, 2.24) is 0 Å². The minimum Gasteiger partial charge on any atom is -0.456 e.